The van der Waals surface area contributed by atoms with Crippen LogP contribution in [0.25, 0.3) is 0 Å². The van der Waals surface area contributed by atoms with Gasteiger partial charge in [0.2, 0.25) is 5.91 Å². The number of hydrogen-bond acceptors (Lipinski definition) is 2. The van der Waals surface area contributed by atoms with E-state index in [2.05, 4.69) is 21.7 Å². The molecule has 0 saturated carbocycles. The Bertz CT molecular complexity index is 474. The van der Waals surface area contributed by atoms with E-state index < -0.39 is 0 Å². The third-order valence-electron chi connectivity index (χ3n) is 2.56. The van der Waals surface area contributed by atoms with Crippen LogP contribution in [0.15, 0.2) is 23.2 Å². The van der Waals surface area contributed by atoms with Crippen molar-refractivity contribution in [3.05, 3.63) is 29.3 Å². The van der Waals surface area contributed by atoms with Gasteiger partial charge in [-0.1, -0.05) is 6.07 Å². The summed E-state index contributed by atoms with van der Waals surface area (Å²) in [7, 11) is 0. The topological polar surface area (TPSA) is 79.5 Å². The number of hydrogen-bond donors (Lipinski definition) is 3. The zero-order valence-corrected chi connectivity index (χ0v) is 12.7. The fourth-order valence-corrected chi connectivity index (χ4v) is 1.91. The van der Waals surface area contributed by atoms with Crippen molar-refractivity contribution in [2.75, 3.05) is 11.9 Å². The van der Waals surface area contributed by atoms with Gasteiger partial charge in [-0.15, -0.1) is 0 Å². The number of aryl methyl sites for hydroxylation is 2. The number of nitrogens with one attached hydrogen (secondary N) is 2. The van der Waals surface area contributed by atoms with Crippen LogP contribution in [-0.2, 0) is 4.79 Å². The van der Waals surface area contributed by atoms with E-state index in [9.17, 15) is 4.79 Å². The number of anilines is 1. The molecule has 4 N–H and O–H groups in total. The van der Waals surface area contributed by atoms with E-state index in [0.29, 0.717) is 18.9 Å². The van der Waals surface area contributed by atoms with Crippen molar-refractivity contribution < 1.29 is 4.79 Å². The van der Waals surface area contributed by atoms with Crippen LogP contribution in [0.5, 0.6) is 0 Å². The van der Waals surface area contributed by atoms with Gasteiger partial charge in [0.05, 0.1) is 6.54 Å². The number of guanidine groups is 1. The fourth-order valence-electron chi connectivity index (χ4n) is 1.91. The molecule has 1 aromatic rings. The molecule has 5 nitrogen and oxygen atoms in total. The van der Waals surface area contributed by atoms with E-state index in [4.69, 9.17) is 5.73 Å². The molecule has 0 aliphatic carbocycles. The lowest BCUT2D eigenvalue weighted by Crippen LogP contribution is -2.30. The zero-order chi connectivity index (χ0) is 15.1. The van der Waals surface area contributed by atoms with Crippen LogP contribution in [0.3, 0.4) is 0 Å². The van der Waals surface area contributed by atoms with E-state index in [-0.39, 0.29) is 11.9 Å². The van der Waals surface area contributed by atoms with Crippen LogP contribution in [0.1, 0.15) is 31.4 Å². The molecule has 20 heavy (non-hydrogen) atoms. The molecule has 0 aliphatic rings. The Morgan fingerprint density at radius 3 is 2.40 bits per heavy atom. The second-order valence-electron chi connectivity index (χ2n) is 5.24. The third-order valence-corrected chi connectivity index (χ3v) is 2.56. The predicted molar refractivity (Wildman–Crippen MR) is 83.9 cm³/mol. The van der Waals surface area contributed by atoms with Crippen molar-refractivity contribution in [1.82, 2.24) is 5.32 Å². The molecule has 1 rings (SSSR count). The normalized spacial score (nSPS) is 11.6. The Morgan fingerprint density at radius 1 is 1.25 bits per heavy atom. The molecule has 0 fully saturated rings. The summed E-state index contributed by atoms with van der Waals surface area (Å²) in [5, 5.41) is 5.85. The molecule has 0 saturated heterocycles. The van der Waals surface area contributed by atoms with E-state index in [0.717, 1.165) is 16.8 Å². The number of amides is 1. The number of nitrogens with two attached hydrogens (primary N) is 1. The minimum atomic E-state index is -0.0112. The van der Waals surface area contributed by atoms with Gasteiger partial charge in [0, 0.05) is 18.2 Å². The Morgan fingerprint density at radius 2 is 1.85 bits per heavy atom. The average Bonchev–Trinajstić information content (AvgIpc) is 2.25. The van der Waals surface area contributed by atoms with Gasteiger partial charge in [0.1, 0.15) is 0 Å². The number of carbonyl (C=O) groups is 1. The smallest absolute Gasteiger partial charge is 0.222 e. The van der Waals surface area contributed by atoms with Crippen LogP contribution in [-0.4, -0.2) is 24.5 Å². The molecule has 0 unspecified atom stereocenters. The maximum Gasteiger partial charge on any atom is 0.222 e. The fraction of sp³-hybridized carbons (Fsp3) is 0.467. The maximum atomic E-state index is 11.4. The number of nitrogens with zero attached hydrogens (tertiary/aromatic N) is 1. The van der Waals surface area contributed by atoms with Crippen LogP contribution in [0.4, 0.5) is 5.69 Å². The van der Waals surface area contributed by atoms with Crippen molar-refractivity contribution in [1.29, 1.82) is 0 Å². The first kappa shape index (κ1) is 16.0. The molecule has 1 amide bonds. The Balaban J connectivity index is 2.47. The van der Waals surface area contributed by atoms with Gasteiger partial charge in [-0.2, -0.15) is 0 Å². The lowest BCUT2D eigenvalue weighted by atomic mass is 10.1. The molecule has 0 atom stereocenters. The first-order valence-corrected chi connectivity index (χ1v) is 6.81. The maximum absolute atomic E-state index is 11.4. The molecule has 0 aromatic heterocycles. The van der Waals surface area contributed by atoms with E-state index >= 15 is 0 Å². The van der Waals surface area contributed by atoms with Crippen molar-refractivity contribution in [2.24, 2.45) is 10.7 Å². The van der Waals surface area contributed by atoms with Crippen molar-refractivity contribution in [3.8, 4) is 0 Å². The van der Waals surface area contributed by atoms with Crippen molar-refractivity contribution in [3.63, 3.8) is 0 Å². The molecular weight excluding hydrogens is 252 g/mol. The number of benzene rings is 1. The summed E-state index contributed by atoms with van der Waals surface area (Å²) in [6, 6.07) is 6.24. The molecule has 0 radical (unpaired) electrons. The minimum absolute atomic E-state index is 0.0112. The zero-order valence-electron chi connectivity index (χ0n) is 12.7. The van der Waals surface area contributed by atoms with Gasteiger partial charge in [0.25, 0.3) is 0 Å². The minimum Gasteiger partial charge on any atom is -0.370 e. The summed E-state index contributed by atoms with van der Waals surface area (Å²) in [6.45, 7) is 8.29. The third kappa shape index (κ3) is 6.22. The summed E-state index contributed by atoms with van der Waals surface area (Å²) >= 11 is 0. The number of aliphatic imine (C=N–C) groups is 1. The number of carbonyl (C=O) groups excluding carboxylic acids is 1. The molecule has 1 aromatic carbocycles. The largest absolute Gasteiger partial charge is 0.370 e. The highest BCUT2D eigenvalue weighted by atomic mass is 16.1. The summed E-state index contributed by atoms with van der Waals surface area (Å²) in [5.74, 6) is 0.315. The summed E-state index contributed by atoms with van der Waals surface area (Å²) < 4.78 is 0. The van der Waals surface area contributed by atoms with Gasteiger partial charge in [-0.25, -0.2) is 0 Å². The van der Waals surface area contributed by atoms with Crippen molar-refractivity contribution >= 4 is 17.6 Å². The quantitative estimate of drug-likeness (QED) is 0.568. The van der Waals surface area contributed by atoms with Gasteiger partial charge < -0.3 is 16.4 Å². The molecule has 0 spiro atoms. The highest BCUT2D eigenvalue weighted by Gasteiger charge is 2.02. The van der Waals surface area contributed by atoms with Gasteiger partial charge in [0.15, 0.2) is 5.96 Å². The van der Waals surface area contributed by atoms with Gasteiger partial charge in [-0.3, -0.25) is 9.79 Å². The predicted octanol–water partition coefficient (Wildman–Crippen LogP) is 1.94. The first-order chi connectivity index (χ1) is 9.36. The van der Waals surface area contributed by atoms with E-state index in [1.165, 1.54) is 0 Å². The standard InChI is InChI=1S/C15H24N4O/c1-10(2)18-14(20)5-6-17-15(16)19-13-8-11(3)7-12(4)9-13/h7-10H,5-6H2,1-4H3,(H,18,20)(H3,16,17,19). The molecule has 0 bridgehead atoms. The van der Waals surface area contributed by atoms with Gasteiger partial charge in [-0.05, 0) is 51.0 Å². The average molecular weight is 276 g/mol. The highest BCUT2D eigenvalue weighted by Crippen LogP contribution is 2.13. The Labute approximate surface area is 120 Å². The lowest BCUT2D eigenvalue weighted by Gasteiger charge is -2.09. The summed E-state index contributed by atoms with van der Waals surface area (Å²) in [4.78, 5) is 15.6. The van der Waals surface area contributed by atoms with Crippen LogP contribution in [0.2, 0.25) is 0 Å². The van der Waals surface area contributed by atoms with Crippen LogP contribution >= 0.6 is 0 Å². The SMILES string of the molecule is Cc1cc(C)cc(NC(N)=NCCC(=O)NC(C)C)c1. The summed E-state index contributed by atoms with van der Waals surface area (Å²) in [5.41, 5.74) is 9.04. The molecule has 0 heterocycles. The van der Waals surface area contributed by atoms with Crippen molar-refractivity contribution in [2.45, 2.75) is 40.2 Å². The molecule has 110 valence electrons. The highest BCUT2D eigenvalue weighted by molar-refractivity contribution is 5.92. The first-order valence-electron chi connectivity index (χ1n) is 6.81. The monoisotopic (exact) mass is 276 g/mol. The molecule has 5 heteroatoms. The Kier molecular flexibility index (Phi) is 6.03. The van der Waals surface area contributed by atoms with E-state index in [1.54, 1.807) is 0 Å². The molecular formula is C15H24N4O. The molecule has 0 aliphatic heterocycles. The van der Waals surface area contributed by atoms with E-state index in [1.807, 2.05) is 39.8 Å². The van der Waals surface area contributed by atoms with Gasteiger partial charge >= 0.3 is 0 Å². The lowest BCUT2D eigenvalue weighted by molar-refractivity contribution is -0.121. The number of rotatable bonds is 5. The summed E-state index contributed by atoms with van der Waals surface area (Å²) in [6.07, 6.45) is 0.341. The second kappa shape index (κ2) is 7.53. The van der Waals surface area contributed by atoms with Crippen LogP contribution < -0.4 is 16.4 Å². The second-order valence-corrected chi connectivity index (χ2v) is 5.24. The Hall–Kier alpha value is -2.04. The van der Waals surface area contributed by atoms with Crippen LogP contribution in [0, 0.1) is 13.8 Å².